The molecule has 0 bridgehead atoms. The van der Waals surface area contributed by atoms with Gasteiger partial charge in [-0.3, -0.25) is 0 Å². The summed E-state index contributed by atoms with van der Waals surface area (Å²) >= 11 is 0. The molecular formula is C15H28F2N2. The van der Waals surface area contributed by atoms with Crippen molar-refractivity contribution in [3.05, 3.63) is 0 Å². The third kappa shape index (κ3) is 5.35. The lowest BCUT2D eigenvalue weighted by atomic mass is 9.79. The molecule has 4 heteroatoms. The van der Waals surface area contributed by atoms with Crippen LogP contribution in [0.3, 0.4) is 0 Å². The second kappa shape index (κ2) is 6.98. The van der Waals surface area contributed by atoms with Crippen LogP contribution >= 0.6 is 0 Å². The monoisotopic (exact) mass is 274 g/mol. The lowest BCUT2D eigenvalue weighted by molar-refractivity contribution is 0.0686. The fourth-order valence-electron chi connectivity index (χ4n) is 3.39. The minimum Gasteiger partial charge on any atom is -0.313 e. The van der Waals surface area contributed by atoms with E-state index in [1.54, 1.807) is 0 Å². The standard InChI is InChI=1S/C15H28F2N2/c1-19(10-14(16)17)12-15(11-18-13-6-7-13)8-4-2-3-5-9-15/h13-14,18H,2-12H2,1H3. The molecular weight excluding hydrogens is 246 g/mol. The van der Waals surface area contributed by atoms with E-state index in [9.17, 15) is 8.78 Å². The van der Waals surface area contributed by atoms with Crippen LogP contribution in [0.15, 0.2) is 0 Å². The average molecular weight is 274 g/mol. The number of nitrogens with zero attached hydrogens (tertiary/aromatic N) is 1. The molecule has 2 aliphatic carbocycles. The van der Waals surface area contributed by atoms with E-state index in [0.717, 1.165) is 13.1 Å². The van der Waals surface area contributed by atoms with Crippen molar-refractivity contribution in [1.29, 1.82) is 0 Å². The van der Waals surface area contributed by atoms with Gasteiger partial charge >= 0.3 is 0 Å². The molecule has 0 aliphatic heterocycles. The Hall–Kier alpha value is -0.220. The van der Waals surface area contributed by atoms with E-state index in [2.05, 4.69) is 5.32 Å². The Morgan fingerprint density at radius 2 is 1.79 bits per heavy atom. The van der Waals surface area contributed by atoms with Crippen LogP contribution in [0.1, 0.15) is 51.4 Å². The zero-order valence-electron chi connectivity index (χ0n) is 12.1. The van der Waals surface area contributed by atoms with Crippen molar-refractivity contribution < 1.29 is 8.78 Å². The Morgan fingerprint density at radius 1 is 1.16 bits per heavy atom. The summed E-state index contributed by atoms with van der Waals surface area (Å²) in [7, 11) is 1.84. The number of hydrogen-bond acceptors (Lipinski definition) is 2. The van der Waals surface area contributed by atoms with Crippen LogP contribution in [0.5, 0.6) is 0 Å². The fourth-order valence-corrected chi connectivity index (χ4v) is 3.39. The van der Waals surface area contributed by atoms with Gasteiger partial charge in [0.05, 0.1) is 6.54 Å². The van der Waals surface area contributed by atoms with Crippen molar-refractivity contribution in [2.45, 2.75) is 63.8 Å². The molecule has 0 aromatic heterocycles. The molecule has 0 amide bonds. The minimum atomic E-state index is -2.22. The highest BCUT2D eigenvalue weighted by Gasteiger charge is 2.34. The molecule has 0 aromatic rings. The largest absolute Gasteiger partial charge is 0.313 e. The summed E-state index contributed by atoms with van der Waals surface area (Å²) in [6.07, 6.45) is 7.90. The molecule has 1 N–H and O–H groups in total. The van der Waals surface area contributed by atoms with Crippen molar-refractivity contribution in [3.63, 3.8) is 0 Å². The molecule has 2 saturated carbocycles. The van der Waals surface area contributed by atoms with Gasteiger partial charge in [0, 0.05) is 19.1 Å². The highest BCUT2D eigenvalue weighted by Crippen LogP contribution is 2.36. The Morgan fingerprint density at radius 3 is 2.32 bits per heavy atom. The third-order valence-electron chi connectivity index (χ3n) is 4.56. The molecule has 0 spiro atoms. The lowest BCUT2D eigenvalue weighted by Gasteiger charge is -2.37. The molecule has 112 valence electrons. The van der Waals surface area contributed by atoms with Gasteiger partial charge < -0.3 is 10.2 Å². The van der Waals surface area contributed by atoms with Gasteiger partial charge in [-0.2, -0.15) is 0 Å². The first-order chi connectivity index (χ1) is 9.10. The maximum atomic E-state index is 12.5. The Kier molecular flexibility index (Phi) is 5.58. The molecule has 0 atom stereocenters. The summed E-state index contributed by atoms with van der Waals surface area (Å²) in [5.41, 5.74) is 0.225. The summed E-state index contributed by atoms with van der Waals surface area (Å²) in [6, 6.07) is 0.709. The zero-order chi connectivity index (χ0) is 13.7. The Bertz CT molecular complexity index is 259. The van der Waals surface area contributed by atoms with Crippen LogP contribution in [-0.4, -0.2) is 44.0 Å². The maximum Gasteiger partial charge on any atom is 0.251 e. The van der Waals surface area contributed by atoms with E-state index in [4.69, 9.17) is 0 Å². The molecule has 0 heterocycles. The molecule has 2 rings (SSSR count). The predicted octanol–water partition coefficient (Wildman–Crippen LogP) is 3.28. The van der Waals surface area contributed by atoms with Crippen molar-refractivity contribution in [1.82, 2.24) is 10.2 Å². The fraction of sp³-hybridized carbons (Fsp3) is 1.00. The van der Waals surface area contributed by atoms with Gasteiger partial charge in [-0.25, -0.2) is 8.78 Å². The quantitative estimate of drug-likeness (QED) is 0.717. The number of rotatable bonds is 7. The molecule has 2 aliphatic rings. The maximum absolute atomic E-state index is 12.5. The summed E-state index contributed by atoms with van der Waals surface area (Å²) in [4.78, 5) is 1.84. The molecule has 0 radical (unpaired) electrons. The average Bonchev–Trinajstić information content (AvgIpc) is 3.13. The summed E-state index contributed by atoms with van der Waals surface area (Å²) < 4.78 is 25.0. The SMILES string of the molecule is CN(CC(F)F)CC1(CNC2CC2)CCCCCC1. The predicted molar refractivity (Wildman–Crippen MR) is 74.7 cm³/mol. The normalized spacial score (nSPS) is 23.8. The summed E-state index contributed by atoms with van der Waals surface area (Å²) in [5.74, 6) is 0. The molecule has 2 fully saturated rings. The van der Waals surface area contributed by atoms with Crippen molar-refractivity contribution >= 4 is 0 Å². The van der Waals surface area contributed by atoms with E-state index in [1.165, 1.54) is 51.4 Å². The van der Waals surface area contributed by atoms with Crippen LogP contribution in [0.25, 0.3) is 0 Å². The van der Waals surface area contributed by atoms with Crippen LogP contribution in [0, 0.1) is 5.41 Å². The number of halogens is 2. The highest BCUT2D eigenvalue weighted by molar-refractivity contribution is 4.90. The van der Waals surface area contributed by atoms with Crippen LogP contribution in [0.4, 0.5) is 8.78 Å². The van der Waals surface area contributed by atoms with Gasteiger partial charge in [0.1, 0.15) is 0 Å². The molecule has 0 aromatic carbocycles. The lowest BCUT2D eigenvalue weighted by Crippen LogP contribution is -2.44. The third-order valence-corrected chi connectivity index (χ3v) is 4.56. The summed E-state index contributed by atoms with van der Waals surface area (Å²) in [5, 5.41) is 3.64. The second-order valence-electron chi connectivity index (χ2n) is 6.66. The number of hydrogen-bond donors (Lipinski definition) is 1. The van der Waals surface area contributed by atoms with E-state index < -0.39 is 6.43 Å². The van der Waals surface area contributed by atoms with E-state index in [-0.39, 0.29) is 12.0 Å². The van der Waals surface area contributed by atoms with E-state index in [0.29, 0.717) is 6.04 Å². The van der Waals surface area contributed by atoms with Crippen LogP contribution in [0.2, 0.25) is 0 Å². The van der Waals surface area contributed by atoms with Gasteiger partial charge in [0.2, 0.25) is 0 Å². The molecule has 0 unspecified atom stereocenters. The Balaban J connectivity index is 1.90. The van der Waals surface area contributed by atoms with Gasteiger partial charge in [-0.15, -0.1) is 0 Å². The molecule has 2 nitrogen and oxygen atoms in total. The highest BCUT2D eigenvalue weighted by atomic mass is 19.3. The second-order valence-corrected chi connectivity index (χ2v) is 6.66. The van der Waals surface area contributed by atoms with Crippen molar-refractivity contribution in [2.75, 3.05) is 26.7 Å². The van der Waals surface area contributed by atoms with Gasteiger partial charge in [0.25, 0.3) is 6.43 Å². The Labute approximate surface area is 115 Å². The number of alkyl halides is 2. The van der Waals surface area contributed by atoms with Crippen molar-refractivity contribution in [3.8, 4) is 0 Å². The molecule has 0 saturated heterocycles. The zero-order valence-corrected chi connectivity index (χ0v) is 12.1. The number of nitrogens with one attached hydrogen (secondary N) is 1. The first-order valence-corrected chi connectivity index (χ1v) is 7.80. The van der Waals surface area contributed by atoms with E-state index >= 15 is 0 Å². The minimum absolute atomic E-state index is 0.0921. The first-order valence-electron chi connectivity index (χ1n) is 7.80. The smallest absolute Gasteiger partial charge is 0.251 e. The van der Waals surface area contributed by atoms with Crippen LogP contribution < -0.4 is 5.32 Å². The molecule has 19 heavy (non-hydrogen) atoms. The topological polar surface area (TPSA) is 15.3 Å². The van der Waals surface area contributed by atoms with Gasteiger partial charge in [-0.1, -0.05) is 25.7 Å². The van der Waals surface area contributed by atoms with Crippen LogP contribution in [-0.2, 0) is 0 Å². The van der Waals surface area contributed by atoms with E-state index in [1.807, 2.05) is 11.9 Å². The summed E-state index contributed by atoms with van der Waals surface area (Å²) in [6.45, 7) is 1.74. The van der Waals surface area contributed by atoms with Gasteiger partial charge in [-0.05, 0) is 38.1 Å². The first kappa shape index (κ1) is 15.2. The van der Waals surface area contributed by atoms with Gasteiger partial charge in [0.15, 0.2) is 0 Å². The van der Waals surface area contributed by atoms with Crippen molar-refractivity contribution in [2.24, 2.45) is 5.41 Å².